The van der Waals surface area contributed by atoms with Crippen molar-refractivity contribution in [1.29, 1.82) is 0 Å². The molecule has 10 heteroatoms. The second kappa shape index (κ2) is 9.81. The average molecular weight is 460 g/mol. The number of ether oxygens (including phenoxy) is 1. The molecule has 0 aromatic carbocycles. The Morgan fingerprint density at radius 2 is 2.00 bits per heavy atom. The zero-order chi connectivity index (χ0) is 22.7. The van der Waals surface area contributed by atoms with Gasteiger partial charge in [-0.1, -0.05) is 6.92 Å². The Morgan fingerprint density at radius 3 is 2.72 bits per heavy atom. The maximum absolute atomic E-state index is 12.8. The predicted molar refractivity (Wildman–Crippen MR) is 122 cm³/mol. The zero-order valence-electron chi connectivity index (χ0n) is 18.6. The standard InChI is InChI=1S/C22H29N5O4S/c1-3-11-26-20(29)19-16(10-14-32-19)27-17(23-24-22(26)27)6-5-7-18(28)25-12-8-15(9-13-25)21(30)31-4-2/h10,14-15H,3-9,11-13H2,1-2H3. The van der Waals surface area contributed by atoms with E-state index < -0.39 is 0 Å². The molecule has 4 heterocycles. The molecule has 32 heavy (non-hydrogen) atoms. The molecule has 1 saturated heterocycles. The number of thiophene rings is 1. The van der Waals surface area contributed by atoms with Gasteiger partial charge in [0.2, 0.25) is 11.7 Å². The molecule has 3 aromatic heterocycles. The number of esters is 1. The summed E-state index contributed by atoms with van der Waals surface area (Å²) in [5, 5.41) is 10.6. The summed E-state index contributed by atoms with van der Waals surface area (Å²) in [6.07, 6.45) is 3.81. The van der Waals surface area contributed by atoms with Crippen LogP contribution in [0.2, 0.25) is 0 Å². The van der Waals surface area contributed by atoms with Crippen LogP contribution in [0, 0.1) is 5.92 Å². The topological polar surface area (TPSA) is 98.8 Å². The number of aryl methyl sites for hydroxylation is 2. The van der Waals surface area contributed by atoms with E-state index >= 15 is 0 Å². The fourth-order valence-electron chi connectivity index (χ4n) is 4.35. The third-order valence-electron chi connectivity index (χ3n) is 5.98. The summed E-state index contributed by atoms with van der Waals surface area (Å²) in [6, 6.07) is 1.93. The number of nitrogens with zero attached hydrogens (tertiary/aromatic N) is 5. The molecule has 0 unspecified atom stereocenters. The molecule has 1 aliphatic rings. The quantitative estimate of drug-likeness (QED) is 0.480. The first-order valence-corrected chi connectivity index (χ1v) is 12.2. The van der Waals surface area contributed by atoms with Gasteiger partial charge >= 0.3 is 5.97 Å². The lowest BCUT2D eigenvalue weighted by molar-refractivity contribution is -0.151. The first-order chi connectivity index (χ1) is 15.5. The van der Waals surface area contributed by atoms with Crippen molar-refractivity contribution >= 4 is 39.2 Å². The van der Waals surface area contributed by atoms with Crippen molar-refractivity contribution in [2.75, 3.05) is 19.7 Å². The number of hydrogen-bond donors (Lipinski definition) is 0. The second-order valence-electron chi connectivity index (χ2n) is 8.10. The van der Waals surface area contributed by atoms with Crippen molar-refractivity contribution in [3.8, 4) is 0 Å². The van der Waals surface area contributed by atoms with Crippen LogP contribution >= 0.6 is 11.3 Å². The monoisotopic (exact) mass is 459 g/mol. The molecule has 0 bridgehead atoms. The lowest BCUT2D eigenvalue weighted by Crippen LogP contribution is -2.40. The largest absolute Gasteiger partial charge is 0.466 e. The molecule has 0 atom stereocenters. The Balaban J connectivity index is 1.41. The molecular weight excluding hydrogens is 430 g/mol. The maximum atomic E-state index is 12.8. The van der Waals surface area contributed by atoms with Crippen LogP contribution < -0.4 is 5.56 Å². The van der Waals surface area contributed by atoms with Gasteiger partial charge in [-0.2, -0.15) is 0 Å². The van der Waals surface area contributed by atoms with Crippen molar-refractivity contribution in [1.82, 2.24) is 24.1 Å². The van der Waals surface area contributed by atoms with Crippen molar-refractivity contribution < 1.29 is 14.3 Å². The van der Waals surface area contributed by atoms with E-state index in [4.69, 9.17) is 4.74 Å². The van der Waals surface area contributed by atoms with Gasteiger partial charge in [0.15, 0.2) is 0 Å². The summed E-state index contributed by atoms with van der Waals surface area (Å²) in [7, 11) is 0. The minimum Gasteiger partial charge on any atom is -0.466 e. The lowest BCUT2D eigenvalue weighted by Gasteiger charge is -2.31. The fourth-order valence-corrected chi connectivity index (χ4v) is 5.17. The van der Waals surface area contributed by atoms with E-state index in [9.17, 15) is 14.4 Å². The zero-order valence-corrected chi connectivity index (χ0v) is 19.4. The van der Waals surface area contributed by atoms with Crippen LogP contribution in [0.15, 0.2) is 16.2 Å². The molecule has 0 aliphatic carbocycles. The summed E-state index contributed by atoms with van der Waals surface area (Å²) in [6.45, 7) is 6.00. The smallest absolute Gasteiger partial charge is 0.309 e. The highest BCUT2D eigenvalue weighted by atomic mass is 32.1. The van der Waals surface area contributed by atoms with Gasteiger partial charge in [0.05, 0.1) is 18.0 Å². The minimum atomic E-state index is -0.153. The Hall–Kier alpha value is -2.75. The molecule has 0 radical (unpaired) electrons. The van der Waals surface area contributed by atoms with Crippen molar-refractivity contribution in [3.63, 3.8) is 0 Å². The van der Waals surface area contributed by atoms with Gasteiger partial charge in [-0.3, -0.25) is 23.4 Å². The van der Waals surface area contributed by atoms with E-state index in [0.29, 0.717) is 68.8 Å². The number of carbonyl (C=O) groups excluding carboxylic acids is 2. The summed E-state index contributed by atoms with van der Waals surface area (Å²) in [5.74, 6) is 1.17. The molecule has 1 aliphatic heterocycles. The molecule has 0 N–H and O–H groups in total. The highest BCUT2D eigenvalue weighted by Crippen LogP contribution is 2.22. The normalized spacial score (nSPS) is 15.0. The molecule has 4 rings (SSSR count). The number of hydrogen-bond acceptors (Lipinski definition) is 7. The Labute approximate surface area is 190 Å². The number of carbonyl (C=O) groups is 2. The third-order valence-corrected chi connectivity index (χ3v) is 6.88. The van der Waals surface area contributed by atoms with Gasteiger partial charge in [-0.05, 0) is 44.1 Å². The predicted octanol–water partition coefficient (Wildman–Crippen LogP) is 2.64. The third kappa shape index (κ3) is 4.28. The van der Waals surface area contributed by atoms with Crippen molar-refractivity contribution in [2.24, 2.45) is 5.92 Å². The van der Waals surface area contributed by atoms with E-state index in [0.717, 1.165) is 17.8 Å². The highest BCUT2D eigenvalue weighted by molar-refractivity contribution is 7.17. The first kappa shape index (κ1) is 22.4. The molecular formula is C22H29N5O4S. The van der Waals surface area contributed by atoms with Crippen LogP contribution in [0.25, 0.3) is 16.0 Å². The van der Waals surface area contributed by atoms with E-state index in [2.05, 4.69) is 10.2 Å². The van der Waals surface area contributed by atoms with Crippen LogP contribution in [-0.2, 0) is 27.3 Å². The molecule has 0 saturated carbocycles. The second-order valence-corrected chi connectivity index (χ2v) is 9.02. The number of rotatable bonds is 8. The summed E-state index contributed by atoms with van der Waals surface area (Å²) >= 11 is 1.43. The molecule has 9 nitrogen and oxygen atoms in total. The Morgan fingerprint density at radius 1 is 1.22 bits per heavy atom. The van der Waals surface area contributed by atoms with Gasteiger partial charge in [-0.15, -0.1) is 21.5 Å². The number of aromatic nitrogens is 4. The van der Waals surface area contributed by atoms with Crippen LogP contribution in [0.5, 0.6) is 0 Å². The van der Waals surface area contributed by atoms with Crippen LogP contribution in [0.1, 0.15) is 51.8 Å². The van der Waals surface area contributed by atoms with E-state index in [1.807, 2.05) is 34.6 Å². The minimum absolute atomic E-state index is 0.0234. The van der Waals surface area contributed by atoms with Crippen LogP contribution in [0.4, 0.5) is 0 Å². The summed E-state index contributed by atoms with van der Waals surface area (Å²) < 4.78 is 9.44. The SMILES string of the molecule is CCCn1c(=O)c2sccc2n2c(CCCC(=O)N3CCC(C(=O)OCC)CC3)nnc12. The van der Waals surface area contributed by atoms with E-state index in [1.54, 1.807) is 4.57 Å². The molecule has 0 spiro atoms. The first-order valence-electron chi connectivity index (χ1n) is 11.3. The van der Waals surface area contributed by atoms with E-state index in [1.165, 1.54) is 11.3 Å². The molecule has 3 aromatic rings. The maximum Gasteiger partial charge on any atom is 0.309 e. The summed E-state index contributed by atoms with van der Waals surface area (Å²) in [4.78, 5) is 39.2. The fraction of sp³-hybridized carbons (Fsp3) is 0.591. The number of piperidine rings is 1. The number of likely N-dealkylation sites (tertiary alicyclic amines) is 1. The Kier molecular flexibility index (Phi) is 6.88. The average Bonchev–Trinajstić information content (AvgIpc) is 3.44. The highest BCUT2D eigenvalue weighted by Gasteiger charge is 2.28. The van der Waals surface area contributed by atoms with Gasteiger partial charge < -0.3 is 9.64 Å². The van der Waals surface area contributed by atoms with Crippen LogP contribution in [0.3, 0.4) is 0 Å². The lowest BCUT2D eigenvalue weighted by atomic mass is 9.96. The molecule has 172 valence electrons. The Bertz CT molecular complexity index is 1170. The van der Waals surface area contributed by atoms with Gasteiger partial charge in [0, 0.05) is 32.5 Å². The number of amides is 1. The van der Waals surface area contributed by atoms with Crippen molar-refractivity contribution in [2.45, 2.75) is 58.9 Å². The van der Waals surface area contributed by atoms with Gasteiger partial charge in [0.1, 0.15) is 10.5 Å². The van der Waals surface area contributed by atoms with Gasteiger partial charge in [-0.25, -0.2) is 0 Å². The number of fused-ring (bicyclic) bond motifs is 3. The molecule has 1 amide bonds. The van der Waals surface area contributed by atoms with Crippen molar-refractivity contribution in [3.05, 3.63) is 27.6 Å². The molecule has 1 fully saturated rings. The summed E-state index contributed by atoms with van der Waals surface area (Å²) in [5.41, 5.74) is 0.805. The van der Waals surface area contributed by atoms with E-state index in [-0.39, 0.29) is 23.4 Å². The van der Waals surface area contributed by atoms with Crippen LogP contribution in [-0.4, -0.2) is 55.6 Å². The van der Waals surface area contributed by atoms with Gasteiger partial charge in [0.25, 0.3) is 5.56 Å².